The molecule has 1 atom stereocenters. The van der Waals surface area contributed by atoms with Crippen molar-refractivity contribution in [2.45, 2.75) is 25.3 Å². The van der Waals surface area contributed by atoms with Crippen LogP contribution in [0.1, 0.15) is 24.8 Å². The van der Waals surface area contributed by atoms with Crippen LogP contribution in [-0.4, -0.2) is 75.4 Å². The molecular weight excluding hydrogens is 344 g/mol. The summed E-state index contributed by atoms with van der Waals surface area (Å²) in [5.74, 6) is 1.43. The second-order valence-corrected chi connectivity index (χ2v) is 7.04. The highest BCUT2D eigenvalue weighted by Crippen LogP contribution is 2.28. The minimum absolute atomic E-state index is 0.0859. The zero-order valence-electron chi connectivity index (χ0n) is 16.4. The standard InChI is InChI=1S/C21H30N2O4/c1-25-19-8-6-17(15-20(19)26-2)7-9-21(24)23-10-4-3-5-18(23)16-22-11-13-27-14-12-22/h6-9,15,18H,3-5,10-14,16H2,1-2H3/b9-7+. The van der Waals surface area contributed by atoms with Gasteiger partial charge in [-0.25, -0.2) is 0 Å². The number of benzene rings is 1. The predicted molar refractivity (Wildman–Crippen MR) is 105 cm³/mol. The van der Waals surface area contributed by atoms with E-state index in [2.05, 4.69) is 4.90 Å². The van der Waals surface area contributed by atoms with Gasteiger partial charge in [-0.3, -0.25) is 9.69 Å². The third-order valence-corrected chi connectivity index (χ3v) is 5.31. The van der Waals surface area contributed by atoms with Crippen molar-refractivity contribution in [2.75, 3.05) is 53.6 Å². The van der Waals surface area contributed by atoms with Gasteiger partial charge in [0.15, 0.2) is 11.5 Å². The molecule has 27 heavy (non-hydrogen) atoms. The largest absolute Gasteiger partial charge is 0.493 e. The minimum Gasteiger partial charge on any atom is -0.493 e. The summed E-state index contributed by atoms with van der Waals surface area (Å²) in [5.41, 5.74) is 0.919. The van der Waals surface area contributed by atoms with Crippen LogP contribution in [0.3, 0.4) is 0 Å². The van der Waals surface area contributed by atoms with Gasteiger partial charge in [-0.05, 0) is 43.0 Å². The summed E-state index contributed by atoms with van der Waals surface area (Å²) >= 11 is 0. The van der Waals surface area contributed by atoms with Crippen LogP contribution in [0.5, 0.6) is 11.5 Å². The molecule has 0 N–H and O–H groups in total. The van der Waals surface area contributed by atoms with E-state index in [4.69, 9.17) is 14.2 Å². The molecule has 2 fully saturated rings. The number of hydrogen-bond donors (Lipinski definition) is 0. The molecule has 1 aromatic carbocycles. The maximum absolute atomic E-state index is 12.8. The highest BCUT2D eigenvalue weighted by molar-refractivity contribution is 5.92. The zero-order chi connectivity index (χ0) is 19.1. The fourth-order valence-electron chi connectivity index (χ4n) is 3.78. The third-order valence-electron chi connectivity index (χ3n) is 5.31. The Labute approximate surface area is 161 Å². The van der Waals surface area contributed by atoms with Gasteiger partial charge >= 0.3 is 0 Å². The number of morpholine rings is 1. The predicted octanol–water partition coefficient (Wildman–Crippen LogP) is 2.43. The van der Waals surface area contributed by atoms with E-state index in [0.29, 0.717) is 17.5 Å². The summed E-state index contributed by atoms with van der Waals surface area (Å²) in [7, 11) is 3.22. The number of piperidine rings is 1. The van der Waals surface area contributed by atoms with Gasteiger partial charge in [0.1, 0.15) is 0 Å². The van der Waals surface area contributed by atoms with Gasteiger partial charge in [0, 0.05) is 38.3 Å². The summed E-state index contributed by atoms with van der Waals surface area (Å²) in [5, 5.41) is 0. The van der Waals surface area contributed by atoms with Crippen LogP contribution in [0.25, 0.3) is 6.08 Å². The molecule has 0 saturated carbocycles. The van der Waals surface area contributed by atoms with Crippen LogP contribution >= 0.6 is 0 Å². The Morgan fingerprint density at radius 1 is 1.15 bits per heavy atom. The summed E-state index contributed by atoms with van der Waals surface area (Å²) in [6.07, 6.45) is 6.88. The molecule has 3 rings (SSSR count). The van der Waals surface area contributed by atoms with E-state index < -0.39 is 0 Å². The van der Waals surface area contributed by atoms with E-state index in [-0.39, 0.29) is 5.91 Å². The van der Waals surface area contributed by atoms with Gasteiger partial charge in [0.2, 0.25) is 5.91 Å². The van der Waals surface area contributed by atoms with E-state index >= 15 is 0 Å². The molecule has 2 aliphatic rings. The van der Waals surface area contributed by atoms with Crippen molar-refractivity contribution >= 4 is 12.0 Å². The molecule has 148 valence electrons. The zero-order valence-corrected chi connectivity index (χ0v) is 16.4. The number of ether oxygens (including phenoxy) is 3. The first-order chi connectivity index (χ1) is 13.2. The Morgan fingerprint density at radius 3 is 2.67 bits per heavy atom. The monoisotopic (exact) mass is 374 g/mol. The van der Waals surface area contributed by atoms with E-state index in [1.165, 1.54) is 6.42 Å². The lowest BCUT2D eigenvalue weighted by molar-refractivity contribution is -0.130. The molecule has 0 radical (unpaired) electrons. The second-order valence-electron chi connectivity index (χ2n) is 7.04. The first-order valence-corrected chi connectivity index (χ1v) is 9.72. The van der Waals surface area contributed by atoms with Gasteiger partial charge in [-0.2, -0.15) is 0 Å². The Hall–Kier alpha value is -2.05. The molecule has 0 aliphatic carbocycles. The van der Waals surface area contributed by atoms with E-state index in [0.717, 1.165) is 57.8 Å². The molecular formula is C21H30N2O4. The Kier molecular flexibility index (Phi) is 7.12. The quantitative estimate of drug-likeness (QED) is 0.716. The van der Waals surface area contributed by atoms with Gasteiger partial charge in [0.25, 0.3) is 0 Å². The van der Waals surface area contributed by atoms with Crippen molar-refractivity contribution in [3.05, 3.63) is 29.8 Å². The first-order valence-electron chi connectivity index (χ1n) is 9.72. The highest BCUT2D eigenvalue weighted by atomic mass is 16.5. The van der Waals surface area contributed by atoms with E-state index in [1.807, 2.05) is 29.2 Å². The highest BCUT2D eigenvalue weighted by Gasteiger charge is 2.27. The Bertz CT molecular complexity index is 656. The molecule has 2 heterocycles. The van der Waals surface area contributed by atoms with Crippen molar-refractivity contribution in [1.29, 1.82) is 0 Å². The lowest BCUT2D eigenvalue weighted by Crippen LogP contribution is -2.51. The van der Waals surface area contributed by atoms with E-state index in [9.17, 15) is 4.79 Å². The molecule has 0 bridgehead atoms. The van der Waals surface area contributed by atoms with Crippen LogP contribution in [0.15, 0.2) is 24.3 Å². The summed E-state index contributed by atoms with van der Waals surface area (Å²) in [4.78, 5) is 17.3. The Balaban J connectivity index is 1.64. The molecule has 0 aromatic heterocycles. The van der Waals surface area contributed by atoms with Crippen LogP contribution in [0.2, 0.25) is 0 Å². The van der Waals surface area contributed by atoms with Gasteiger partial charge in [-0.1, -0.05) is 6.07 Å². The summed E-state index contributed by atoms with van der Waals surface area (Å²) in [6, 6.07) is 5.95. The SMILES string of the molecule is COc1ccc(/C=C/C(=O)N2CCCCC2CN2CCOCC2)cc1OC. The van der Waals surface area contributed by atoms with E-state index in [1.54, 1.807) is 20.3 Å². The molecule has 2 aliphatic heterocycles. The van der Waals surface area contributed by atoms with Crippen molar-refractivity contribution in [3.63, 3.8) is 0 Å². The molecule has 1 amide bonds. The molecule has 2 saturated heterocycles. The topological polar surface area (TPSA) is 51.2 Å². The van der Waals surface area contributed by atoms with Crippen LogP contribution in [0, 0.1) is 0 Å². The number of methoxy groups -OCH3 is 2. The van der Waals surface area contributed by atoms with Crippen molar-refractivity contribution in [3.8, 4) is 11.5 Å². The first kappa shape index (κ1) is 19.7. The number of nitrogens with zero attached hydrogens (tertiary/aromatic N) is 2. The van der Waals surface area contributed by atoms with Crippen molar-refractivity contribution < 1.29 is 19.0 Å². The minimum atomic E-state index is 0.0859. The third kappa shape index (κ3) is 5.23. The fourth-order valence-corrected chi connectivity index (χ4v) is 3.78. The summed E-state index contributed by atoms with van der Waals surface area (Å²) in [6.45, 7) is 5.28. The van der Waals surface area contributed by atoms with Crippen LogP contribution < -0.4 is 9.47 Å². The maximum Gasteiger partial charge on any atom is 0.246 e. The molecule has 6 heteroatoms. The van der Waals surface area contributed by atoms with Gasteiger partial charge in [-0.15, -0.1) is 0 Å². The number of amides is 1. The van der Waals surface area contributed by atoms with Gasteiger partial charge in [0.05, 0.1) is 27.4 Å². The normalized spacial score (nSPS) is 21.4. The van der Waals surface area contributed by atoms with Crippen molar-refractivity contribution in [2.24, 2.45) is 0 Å². The van der Waals surface area contributed by atoms with Crippen molar-refractivity contribution in [1.82, 2.24) is 9.80 Å². The molecule has 6 nitrogen and oxygen atoms in total. The molecule has 1 unspecified atom stereocenters. The fraction of sp³-hybridized carbons (Fsp3) is 0.571. The number of hydrogen-bond acceptors (Lipinski definition) is 5. The van der Waals surface area contributed by atoms with Crippen LogP contribution in [0.4, 0.5) is 0 Å². The smallest absolute Gasteiger partial charge is 0.246 e. The maximum atomic E-state index is 12.8. The molecule has 0 spiro atoms. The lowest BCUT2D eigenvalue weighted by Gasteiger charge is -2.39. The number of carbonyl (C=O) groups is 1. The second kappa shape index (κ2) is 9.76. The van der Waals surface area contributed by atoms with Gasteiger partial charge < -0.3 is 19.1 Å². The number of rotatable bonds is 6. The average Bonchev–Trinajstić information content (AvgIpc) is 2.73. The number of carbonyl (C=O) groups excluding carboxylic acids is 1. The molecule has 1 aromatic rings. The van der Waals surface area contributed by atoms with Crippen LogP contribution in [-0.2, 0) is 9.53 Å². The lowest BCUT2D eigenvalue weighted by atomic mass is 10.0. The Morgan fingerprint density at radius 2 is 1.93 bits per heavy atom. The number of likely N-dealkylation sites (tertiary alicyclic amines) is 1. The summed E-state index contributed by atoms with van der Waals surface area (Å²) < 4.78 is 16.0. The average molecular weight is 374 g/mol.